The number of unbranched alkanes of at least 4 members (excludes halogenated alkanes) is 25. The summed E-state index contributed by atoms with van der Waals surface area (Å²) in [4.78, 5) is 37.8. The fourth-order valence-corrected chi connectivity index (χ4v) is 7.99. The average molecular weight is 974 g/mol. The summed E-state index contributed by atoms with van der Waals surface area (Å²) in [6.45, 7) is 6.47. The Morgan fingerprint density at radius 1 is 0.300 bits per heavy atom. The summed E-state index contributed by atoms with van der Waals surface area (Å²) in [5.74, 6) is -0.885. The Kier molecular flexibility index (Phi) is 54.9. The van der Waals surface area contributed by atoms with Gasteiger partial charge in [0.1, 0.15) is 13.2 Å². The fourth-order valence-electron chi connectivity index (χ4n) is 7.99. The van der Waals surface area contributed by atoms with Crippen LogP contribution in [0.25, 0.3) is 0 Å². The lowest BCUT2D eigenvalue weighted by molar-refractivity contribution is -0.167. The number of hydrogen-bond acceptors (Lipinski definition) is 6. The summed E-state index contributed by atoms with van der Waals surface area (Å²) in [5.41, 5.74) is 0. The molecule has 1 unspecified atom stereocenters. The van der Waals surface area contributed by atoms with E-state index >= 15 is 0 Å². The van der Waals surface area contributed by atoms with Crippen LogP contribution in [0.2, 0.25) is 0 Å². The molecule has 400 valence electrons. The summed E-state index contributed by atoms with van der Waals surface area (Å²) in [6, 6.07) is 0. The highest BCUT2D eigenvalue weighted by Gasteiger charge is 2.19. The van der Waals surface area contributed by atoms with Crippen LogP contribution in [-0.2, 0) is 28.6 Å². The number of ether oxygens (including phenoxy) is 3. The normalized spacial score (nSPS) is 12.8. The molecule has 1 atom stereocenters. The third-order valence-corrected chi connectivity index (χ3v) is 12.4. The van der Waals surface area contributed by atoms with Crippen LogP contribution < -0.4 is 0 Å². The molecule has 6 heteroatoms. The van der Waals surface area contributed by atoms with Crippen LogP contribution in [-0.4, -0.2) is 37.2 Å². The largest absolute Gasteiger partial charge is 0.462 e. The van der Waals surface area contributed by atoms with E-state index in [9.17, 15) is 14.4 Å². The molecule has 0 spiro atoms. The predicted octanol–water partition coefficient (Wildman–Crippen LogP) is 19.7. The van der Waals surface area contributed by atoms with E-state index in [1.54, 1.807) is 0 Å². The number of rotatable bonds is 52. The summed E-state index contributed by atoms with van der Waals surface area (Å²) >= 11 is 0. The number of carbonyl (C=O) groups is 3. The molecule has 0 aromatic carbocycles. The maximum atomic E-state index is 12.7. The molecule has 0 heterocycles. The van der Waals surface area contributed by atoms with Gasteiger partial charge < -0.3 is 14.2 Å². The van der Waals surface area contributed by atoms with Crippen molar-refractivity contribution < 1.29 is 28.6 Å². The zero-order chi connectivity index (χ0) is 50.7. The molecule has 0 amide bonds. The lowest BCUT2D eigenvalue weighted by Crippen LogP contribution is -2.30. The number of hydrogen-bond donors (Lipinski definition) is 0. The number of allylic oxidation sites excluding steroid dienone is 16. The minimum atomic E-state index is -0.771. The van der Waals surface area contributed by atoms with Crippen LogP contribution >= 0.6 is 0 Å². The molecule has 0 aromatic heterocycles. The van der Waals surface area contributed by atoms with Crippen molar-refractivity contribution in [3.8, 4) is 0 Å². The molecule has 0 bridgehead atoms. The first-order valence-corrected chi connectivity index (χ1v) is 29.2. The Morgan fingerprint density at radius 2 is 0.557 bits per heavy atom. The molecule has 0 rings (SSSR count). The Bertz CT molecular complexity index is 1400. The van der Waals surface area contributed by atoms with Crippen LogP contribution in [0.15, 0.2) is 97.2 Å². The van der Waals surface area contributed by atoms with Crippen LogP contribution in [0.5, 0.6) is 0 Å². The zero-order valence-corrected chi connectivity index (χ0v) is 45.8. The third kappa shape index (κ3) is 55.3. The molecule has 0 N–H and O–H groups in total. The summed E-state index contributed by atoms with van der Waals surface area (Å²) in [5, 5.41) is 0. The smallest absolute Gasteiger partial charge is 0.306 e. The van der Waals surface area contributed by atoms with E-state index in [0.29, 0.717) is 19.3 Å². The van der Waals surface area contributed by atoms with Crippen LogP contribution in [0, 0.1) is 0 Å². The van der Waals surface area contributed by atoms with Gasteiger partial charge in [0.25, 0.3) is 0 Å². The lowest BCUT2D eigenvalue weighted by atomic mass is 10.1. The molecule has 6 nitrogen and oxygen atoms in total. The minimum Gasteiger partial charge on any atom is -0.462 e. The van der Waals surface area contributed by atoms with Crippen LogP contribution in [0.1, 0.15) is 271 Å². The average Bonchev–Trinajstić information content (AvgIpc) is 3.36. The summed E-state index contributed by atoms with van der Waals surface area (Å²) in [6.07, 6.45) is 77.3. The molecule has 0 radical (unpaired) electrons. The van der Waals surface area contributed by atoms with E-state index in [1.807, 2.05) is 0 Å². The Hall–Kier alpha value is -3.67. The lowest BCUT2D eigenvalue weighted by Gasteiger charge is -2.18. The minimum absolute atomic E-state index is 0.0748. The van der Waals surface area contributed by atoms with E-state index in [4.69, 9.17) is 14.2 Å². The highest BCUT2D eigenvalue weighted by molar-refractivity contribution is 5.71. The van der Waals surface area contributed by atoms with Gasteiger partial charge in [0.15, 0.2) is 6.10 Å². The van der Waals surface area contributed by atoms with Gasteiger partial charge in [0, 0.05) is 19.3 Å². The van der Waals surface area contributed by atoms with Crippen molar-refractivity contribution in [2.75, 3.05) is 13.2 Å². The summed E-state index contributed by atoms with van der Waals surface area (Å²) in [7, 11) is 0. The van der Waals surface area contributed by atoms with Crippen molar-refractivity contribution in [2.24, 2.45) is 0 Å². The first-order valence-electron chi connectivity index (χ1n) is 29.2. The molecule has 0 fully saturated rings. The van der Waals surface area contributed by atoms with E-state index in [1.165, 1.54) is 122 Å². The third-order valence-electron chi connectivity index (χ3n) is 12.4. The first kappa shape index (κ1) is 66.3. The van der Waals surface area contributed by atoms with E-state index in [0.717, 1.165) is 109 Å². The fraction of sp³-hybridized carbons (Fsp3) is 0.703. The van der Waals surface area contributed by atoms with Gasteiger partial charge in [-0.15, -0.1) is 0 Å². The van der Waals surface area contributed by atoms with Gasteiger partial charge >= 0.3 is 17.9 Å². The molecular weight excluding hydrogens is 865 g/mol. The van der Waals surface area contributed by atoms with E-state index in [-0.39, 0.29) is 31.1 Å². The Balaban J connectivity index is 4.02. The molecule has 0 aliphatic carbocycles. The molecular formula is C64H108O6. The molecule has 0 aliphatic rings. The topological polar surface area (TPSA) is 78.9 Å². The van der Waals surface area contributed by atoms with Crippen molar-refractivity contribution in [3.63, 3.8) is 0 Å². The van der Waals surface area contributed by atoms with Crippen molar-refractivity contribution >= 4 is 17.9 Å². The molecule has 70 heavy (non-hydrogen) atoms. The molecule has 0 aromatic rings. The zero-order valence-electron chi connectivity index (χ0n) is 45.8. The highest BCUT2D eigenvalue weighted by atomic mass is 16.6. The SMILES string of the molecule is CC/C=C\C/C=C\C/C=C\C/C=C\C/C=C\C/C=C\C/C=C\C/C=C\CCCCCCCCCCCCC(=O)OCC(COC(=O)CCCCCCCCC)OC(=O)CCCCCCCCCCCC. The quantitative estimate of drug-likeness (QED) is 0.0262. The Morgan fingerprint density at radius 3 is 0.871 bits per heavy atom. The van der Waals surface area contributed by atoms with Crippen molar-refractivity contribution in [1.82, 2.24) is 0 Å². The molecule has 0 saturated heterocycles. The van der Waals surface area contributed by atoms with Gasteiger partial charge in [0.2, 0.25) is 0 Å². The van der Waals surface area contributed by atoms with Gasteiger partial charge in [0.05, 0.1) is 0 Å². The van der Waals surface area contributed by atoms with Gasteiger partial charge in [-0.3, -0.25) is 14.4 Å². The number of esters is 3. The van der Waals surface area contributed by atoms with Gasteiger partial charge in [-0.05, 0) is 83.5 Å². The highest BCUT2D eigenvalue weighted by Crippen LogP contribution is 2.15. The predicted molar refractivity (Wildman–Crippen MR) is 302 cm³/mol. The van der Waals surface area contributed by atoms with Crippen molar-refractivity contribution in [2.45, 2.75) is 277 Å². The molecule has 0 aliphatic heterocycles. The van der Waals surface area contributed by atoms with Gasteiger partial charge in [-0.2, -0.15) is 0 Å². The maximum Gasteiger partial charge on any atom is 0.306 e. The maximum absolute atomic E-state index is 12.7. The standard InChI is InChI=1S/C64H108O6/c1-4-7-10-13-16-18-20-21-22-23-24-25-26-27-28-29-30-31-32-33-34-35-36-37-38-39-40-41-42-43-44-46-48-51-54-57-63(66)69-60-61(59-68-62(65)56-53-50-47-15-12-9-6-3)70-64(67)58-55-52-49-45-19-17-14-11-8-5-2/h7,10,16,18,21-22,24-25,27-28,30-31,33-34,36-37,61H,4-6,8-9,11-15,17,19-20,23,26,29,32,35,38-60H2,1-3H3/b10-7-,18-16-,22-21-,25-24-,28-27-,31-30-,34-33-,37-36-. The Labute approximate surface area is 432 Å². The van der Waals surface area contributed by atoms with Crippen molar-refractivity contribution in [3.05, 3.63) is 97.2 Å². The first-order chi connectivity index (χ1) is 34.5. The van der Waals surface area contributed by atoms with E-state index in [2.05, 4.69) is 118 Å². The van der Waals surface area contributed by atoms with Gasteiger partial charge in [-0.25, -0.2) is 0 Å². The number of carbonyl (C=O) groups excluding carboxylic acids is 3. The van der Waals surface area contributed by atoms with Gasteiger partial charge in [-0.1, -0.05) is 266 Å². The van der Waals surface area contributed by atoms with Crippen LogP contribution in [0.3, 0.4) is 0 Å². The second-order valence-corrected chi connectivity index (χ2v) is 19.2. The van der Waals surface area contributed by atoms with Crippen LogP contribution in [0.4, 0.5) is 0 Å². The summed E-state index contributed by atoms with van der Waals surface area (Å²) < 4.78 is 16.7. The van der Waals surface area contributed by atoms with E-state index < -0.39 is 6.10 Å². The second kappa shape index (κ2) is 57.9. The monoisotopic (exact) mass is 973 g/mol. The second-order valence-electron chi connectivity index (χ2n) is 19.2. The molecule has 0 saturated carbocycles. The van der Waals surface area contributed by atoms with Crippen molar-refractivity contribution in [1.29, 1.82) is 0 Å².